The van der Waals surface area contributed by atoms with E-state index in [-0.39, 0.29) is 22.5 Å². The lowest BCUT2D eigenvalue weighted by molar-refractivity contribution is -0.384. The molecular formula is C20H28N4O6. The number of nitrogens with one attached hydrogen (secondary N) is 1. The Kier molecular flexibility index (Phi) is 7.22. The van der Waals surface area contributed by atoms with E-state index in [0.29, 0.717) is 19.8 Å². The van der Waals surface area contributed by atoms with E-state index < -0.39 is 23.4 Å². The summed E-state index contributed by atoms with van der Waals surface area (Å²) in [5, 5.41) is 13.8. The number of hydrogen-bond acceptors (Lipinski definition) is 8. The molecule has 0 bridgehead atoms. The highest BCUT2D eigenvalue weighted by molar-refractivity contribution is 5.97. The topological polar surface area (TPSA) is 137 Å². The van der Waals surface area contributed by atoms with Gasteiger partial charge >= 0.3 is 5.97 Å². The van der Waals surface area contributed by atoms with Gasteiger partial charge in [0.15, 0.2) is 6.61 Å². The Morgan fingerprint density at radius 1 is 1.23 bits per heavy atom. The van der Waals surface area contributed by atoms with Crippen LogP contribution in [0.25, 0.3) is 0 Å². The third-order valence-corrected chi connectivity index (χ3v) is 5.88. The van der Waals surface area contributed by atoms with Gasteiger partial charge in [-0.25, -0.2) is 4.79 Å². The Morgan fingerprint density at radius 2 is 1.93 bits per heavy atom. The van der Waals surface area contributed by atoms with Crippen molar-refractivity contribution in [2.75, 3.05) is 45.2 Å². The van der Waals surface area contributed by atoms with Gasteiger partial charge in [0.25, 0.3) is 11.6 Å². The maximum atomic E-state index is 12.3. The van der Waals surface area contributed by atoms with Crippen molar-refractivity contribution < 1.29 is 24.0 Å². The molecule has 1 saturated carbocycles. The quantitative estimate of drug-likeness (QED) is 0.293. The van der Waals surface area contributed by atoms with Gasteiger partial charge in [-0.05, 0) is 18.9 Å². The minimum absolute atomic E-state index is 0.0551. The predicted molar refractivity (Wildman–Crippen MR) is 109 cm³/mol. The van der Waals surface area contributed by atoms with Gasteiger partial charge in [0.1, 0.15) is 0 Å². The van der Waals surface area contributed by atoms with Gasteiger partial charge in [0, 0.05) is 43.0 Å². The van der Waals surface area contributed by atoms with Crippen molar-refractivity contribution in [3.63, 3.8) is 0 Å². The number of carbonyl (C=O) groups excluding carboxylic acids is 2. The molecule has 1 saturated heterocycles. The molecule has 30 heavy (non-hydrogen) atoms. The van der Waals surface area contributed by atoms with E-state index in [1.54, 1.807) is 0 Å². The summed E-state index contributed by atoms with van der Waals surface area (Å²) >= 11 is 0. The number of hydrogen-bond donors (Lipinski definition) is 2. The number of rotatable bonds is 7. The van der Waals surface area contributed by atoms with Gasteiger partial charge in [0.2, 0.25) is 0 Å². The first-order valence-electron chi connectivity index (χ1n) is 10.2. The lowest BCUT2D eigenvalue weighted by Crippen LogP contribution is -2.59. The van der Waals surface area contributed by atoms with E-state index in [9.17, 15) is 19.7 Å². The highest BCUT2D eigenvalue weighted by Gasteiger charge is 2.38. The summed E-state index contributed by atoms with van der Waals surface area (Å²) in [6.45, 7) is 3.09. The number of nitrogens with two attached hydrogens (primary N) is 1. The van der Waals surface area contributed by atoms with Crippen molar-refractivity contribution in [3.8, 4) is 0 Å². The standard InChI is InChI=1S/C20H28N4O6/c21-17-5-4-15(24(27)28)12-16(17)19(26)30-13-18(25)22-14-20(6-2-1-3-7-20)23-8-10-29-11-9-23/h4-5,12H,1-3,6-11,13-14,21H2,(H,22,25). The third-order valence-electron chi connectivity index (χ3n) is 5.88. The van der Waals surface area contributed by atoms with Crippen LogP contribution in [0.5, 0.6) is 0 Å². The number of carbonyl (C=O) groups is 2. The van der Waals surface area contributed by atoms with Crippen molar-refractivity contribution in [1.29, 1.82) is 0 Å². The SMILES string of the molecule is Nc1ccc([N+](=O)[O-])cc1C(=O)OCC(=O)NCC1(N2CCOCC2)CCCCC1. The fraction of sp³-hybridized carbons (Fsp3) is 0.600. The number of esters is 1. The average Bonchev–Trinajstić information content (AvgIpc) is 2.77. The molecule has 0 aromatic heterocycles. The molecular weight excluding hydrogens is 392 g/mol. The molecule has 1 amide bonds. The van der Waals surface area contributed by atoms with Crippen LogP contribution in [0.15, 0.2) is 18.2 Å². The summed E-state index contributed by atoms with van der Waals surface area (Å²) < 4.78 is 10.5. The molecule has 1 heterocycles. The number of anilines is 1. The van der Waals surface area contributed by atoms with E-state index in [4.69, 9.17) is 15.2 Å². The Hall–Kier alpha value is -2.72. The molecule has 164 valence electrons. The van der Waals surface area contributed by atoms with Crippen molar-refractivity contribution in [2.24, 2.45) is 0 Å². The second-order valence-electron chi connectivity index (χ2n) is 7.77. The molecule has 0 spiro atoms. The van der Waals surface area contributed by atoms with Crippen LogP contribution in [0.4, 0.5) is 11.4 Å². The molecule has 3 rings (SSSR count). The summed E-state index contributed by atoms with van der Waals surface area (Å²) in [4.78, 5) is 37.2. The van der Waals surface area contributed by atoms with Crippen molar-refractivity contribution in [2.45, 2.75) is 37.6 Å². The third kappa shape index (κ3) is 5.25. The maximum absolute atomic E-state index is 12.3. The minimum atomic E-state index is -0.869. The molecule has 10 nitrogen and oxygen atoms in total. The largest absolute Gasteiger partial charge is 0.452 e. The predicted octanol–water partition coefficient (Wildman–Crippen LogP) is 1.49. The minimum Gasteiger partial charge on any atom is -0.452 e. The van der Waals surface area contributed by atoms with Crippen LogP contribution < -0.4 is 11.1 Å². The van der Waals surface area contributed by atoms with Crippen LogP contribution in [0.3, 0.4) is 0 Å². The van der Waals surface area contributed by atoms with E-state index >= 15 is 0 Å². The molecule has 2 aliphatic rings. The number of nitrogen functional groups attached to an aromatic ring is 1. The monoisotopic (exact) mass is 420 g/mol. The Morgan fingerprint density at radius 3 is 2.60 bits per heavy atom. The maximum Gasteiger partial charge on any atom is 0.341 e. The Balaban J connectivity index is 1.55. The molecule has 0 radical (unpaired) electrons. The van der Waals surface area contributed by atoms with Crippen LogP contribution in [0, 0.1) is 10.1 Å². The second kappa shape index (κ2) is 9.86. The molecule has 1 aliphatic carbocycles. The number of nitrogens with zero attached hydrogens (tertiary/aromatic N) is 2. The van der Waals surface area contributed by atoms with Crippen LogP contribution >= 0.6 is 0 Å². The van der Waals surface area contributed by atoms with E-state index in [1.165, 1.54) is 18.6 Å². The molecule has 0 atom stereocenters. The summed E-state index contributed by atoms with van der Waals surface area (Å²) in [6.07, 6.45) is 5.46. The molecule has 1 aromatic carbocycles. The first kappa shape index (κ1) is 22.0. The highest BCUT2D eigenvalue weighted by atomic mass is 16.6. The van der Waals surface area contributed by atoms with Gasteiger partial charge in [-0.1, -0.05) is 19.3 Å². The van der Waals surface area contributed by atoms with Gasteiger partial charge in [0.05, 0.1) is 23.7 Å². The van der Waals surface area contributed by atoms with Crippen LogP contribution in [0.1, 0.15) is 42.5 Å². The van der Waals surface area contributed by atoms with Crippen LogP contribution in [0.2, 0.25) is 0 Å². The molecule has 0 unspecified atom stereocenters. The molecule has 2 fully saturated rings. The Labute approximate surface area is 174 Å². The lowest BCUT2D eigenvalue weighted by atomic mass is 9.79. The molecule has 1 aliphatic heterocycles. The number of morpholine rings is 1. The first-order valence-corrected chi connectivity index (χ1v) is 10.2. The Bertz CT molecular complexity index is 788. The average molecular weight is 420 g/mol. The second-order valence-corrected chi connectivity index (χ2v) is 7.77. The van der Waals surface area contributed by atoms with Crippen LogP contribution in [-0.4, -0.2) is 66.7 Å². The molecule has 1 aromatic rings. The summed E-state index contributed by atoms with van der Waals surface area (Å²) in [5.41, 5.74) is 5.27. The fourth-order valence-corrected chi connectivity index (χ4v) is 4.21. The number of benzene rings is 1. The van der Waals surface area contributed by atoms with Gasteiger partial charge in [-0.2, -0.15) is 0 Å². The molecule has 10 heteroatoms. The summed E-state index contributed by atoms with van der Waals surface area (Å²) in [5.74, 6) is -1.28. The van der Waals surface area contributed by atoms with Gasteiger partial charge < -0.3 is 20.5 Å². The van der Waals surface area contributed by atoms with E-state index in [2.05, 4.69) is 10.2 Å². The number of nitro benzene ring substituents is 1. The van der Waals surface area contributed by atoms with Crippen molar-refractivity contribution in [3.05, 3.63) is 33.9 Å². The number of ether oxygens (including phenoxy) is 2. The number of amides is 1. The zero-order valence-corrected chi connectivity index (χ0v) is 16.9. The smallest absolute Gasteiger partial charge is 0.341 e. The number of non-ortho nitro benzene ring substituents is 1. The fourth-order valence-electron chi connectivity index (χ4n) is 4.21. The van der Waals surface area contributed by atoms with Crippen LogP contribution in [-0.2, 0) is 14.3 Å². The molecule has 3 N–H and O–H groups in total. The zero-order chi connectivity index (χ0) is 21.6. The first-order chi connectivity index (χ1) is 14.4. The van der Waals surface area contributed by atoms with Crippen molar-refractivity contribution >= 4 is 23.3 Å². The van der Waals surface area contributed by atoms with E-state index in [1.807, 2.05) is 0 Å². The van der Waals surface area contributed by atoms with E-state index in [0.717, 1.165) is 44.8 Å². The summed E-state index contributed by atoms with van der Waals surface area (Å²) in [7, 11) is 0. The van der Waals surface area contributed by atoms with Crippen molar-refractivity contribution in [1.82, 2.24) is 10.2 Å². The lowest BCUT2D eigenvalue weighted by Gasteiger charge is -2.48. The zero-order valence-electron chi connectivity index (χ0n) is 16.9. The normalized spacial score (nSPS) is 19.1. The summed E-state index contributed by atoms with van der Waals surface area (Å²) in [6, 6.07) is 3.52. The number of nitro groups is 1. The van der Waals surface area contributed by atoms with Gasteiger partial charge in [-0.3, -0.25) is 19.8 Å². The van der Waals surface area contributed by atoms with Gasteiger partial charge in [-0.15, -0.1) is 0 Å². The highest BCUT2D eigenvalue weighted by Crippen LogP contribution is 2.33.